The molecule has 0 heterocycles. The van der Waals surface area contributed by atoms with Gasteiger partial charge in [0.25, 0.3) is 0 Å². The van der Waals surface area contributed by atoms with Gasteiger partial charge in [0, 0.05) is 0 Å². The first-order valence-corrected chi connectivity index (χ1v) is 7.46. The van der Waals surface area contributed by atoms with E-state index in [1.807, 2.05) is 6.92 Å². The third kappa shape index (κ3) is 4.29. The normalized spacial score (nSPS) is 10.4. The maximum atomic E-state index is 11.9. The number of hydrogen-bond donors (Lipinski definition) is 2. The number of benzene rings is 1. The maximum absolute atomic E-state index is 11.9. The molecule has 122 valence electrons. The van der Waals surface area contributed by atoms with E-state index < -0.39 is 11.9 Å². The maximum Gasteiger partial charge on any atom is 0.373 e. The van der Waals surface area contributed by atoms with E-state index in [1.165, 1.54) is 6.07 Å². The Balaban J connectivity index is 3.43. The molecule has 0 aromatic heterocycles. The Bertz CT molecular complexity index is 524. The van der Waals surface area contributed by atoms with Gasteiger partial charge in [-0.1, -0.05) is 32.8 Å². The van der Waals surface area contributed by atoms with Crippen LogP contribution in [0.1, 0.15) is 71.4 Å². The van der Waals surface area contributed by atoms with E-state index in [4.69, 9.17) is 10.5 Å². The van der Waals surface area contributed by atoms with E-state index in [9.17, 15) is 9.59 Å². The van der Waals surface area contributed by atoms with Crippen molar-refractivity contribution >= 4 is 11.9 Å². The van der Waals surface area contributed by atoms with Gasteiger partial charge in [-0.25, -0.2) is 9.59 Å². The molecule has 0 unspecified atom stereocenters. The summed E-state index contributed by atoms with van der Waals surface area (Å²) in [7, 11) is 0. The molecule has 22 heavy (non-hydrogen) atoms. The summed E-state index contributed by atoms with van der Waals surface area (Å²) in [4.78, 5) is 31.1. The van der Waals surface area contributed by atoms with E-state index in [0.717, 1.165) is 37.7 Å². The molecular weight excluding hydrogens is 288 g/mol. The van der Waals surface area contributed by atoms with E-state index in [2.05, 4.69) is 16.7 Å². The second-order valence-corrected chi connectivity index (χ2v) is 5.09. The van der Waals surface area contributed by atoms with Crippen LogP contribution in [0, 0.1) is 0 Å². The molecule has 1 rings (SSSR count). The standard InChI is InChI=1S/C16H22O6/c1-3-5-7-11-9-10-13(15(17)21-19)14(16(18)22-20)12(11)8-6-4-2/h9-10,19-20H,3-8H2,1-2H3. The number of aryl methyl sites for hydroxylation is 1. The van der Waals surface area contributed by atoms with Crippen LogP contribution in [0.25, 0.3) is 0 Å². The van der Waals surface area contributed by atoms with Crippen molar-refractivity contribution in [2.45, 2.75) is 52.4 Å². The predicted octanol–water partition coefficient (Wildman–Crippen LogP) is 3.63. The fourth-order valence-corrected chi connectivity index (χ4v) is 2.43. The molecule has 1 aromatic rings. The van der Waals surface area contributed by atoms with Crippen molar-refractivity contribution < 1.29 is 29.9 Å². The highest BCUT2D eigenvalue weighted by molar-refractivity contribution is 6.04. The summed E-state index contributed by atoms with van der Waals surface area (Å²) in [6.07, 6.45) is 5.00. The average Bonchev–Trinajstić information content (AvgIpc) is 2.56. The molecular formula is C16H22O6. The molecule has 0 spiro atoms. The Morgan fingerprint density at radius 1 is 0.955 bits per heavy atom. The van der Waals surface area contributed by atoms with Gasteiger partial charge in [0.2, 0.25) is 0 Å². The lowest BCUT2D eigenvalue weighted by molar-refractivity contribution is -0.185. The number of rotatable bonds is 8. The molecule has 1 aromatic carbocycles. The van der Waals surface area contributed by atoms with Crippen LogP contribution in [-0.4, -0.2) is 22.5 Å². The summed E-state index contributed by atoms with van der Waals surface area (Å²) in [5, 5.41) is 17.3. The van der Waals surface area contributed by atoms with Gasteiger partial charge in [0.15, 0.2) is 0 Å². The Morgan fingerprint density at radius 3 is 2.09 bits per heavy atom. The summed E-state index contributed by atoms with van der Waals surface area (Å²) in [6, 6.07) is 3.16. The van der Waals surface area contributed by atoms with Gasteiger partial charge >= 0.3 is 11.9 Å². The summed E-state index contributed by atoms with van der Waals surface area (Å²) < 4.78 is 0. The summed E-state index contributed by atoms with van der Waals surface area (Å²) in [6.45, 7) is 4.08. The quantitative estimate of drug-likeness (QED) is 0.562. The van der Waals surface area contributed by atoms with E-state index in [-0.39, 0.29) is 11.1 Å². The summed E-state index contributed by atoms with van der Waals surface area (Å²) >= 11 is 0. The molecule has 0 saturated carbocycles. The van der Waals surface area contributed by atoms with Crippen molar-refractivity contribution in [2.75, 3.05) is 0 Å². The van der Waals surface area contributed by atoms with Crippen molar-refractivity contribution in [2.24, 2.45) is 0 Å². The third-order valence-corrected chi connectivity index (χ3v) is 3.58. The smallest absolute Gasteiger partial charge is 0.295 e. The highest BCUT2D eigenvalue weighted by atomic mass is 17.1. The largest absolute Gasteiger partial charge is 0.373 e. The molecule has 2 N–H and O–H groups in total. The molecule has 0 saturated heterocycles. The molecule has 0 aliphatic rings. The first-order chi connectivity index (χ1) is 10.6. The van der Waals surface area contributed by atoms with Crippen molar-refractivity contribution in [3.63, 3.8) is 0 Å². The molecule has 0 aliphatic heterocycles. The van der Waals surface area contributed by atoms with Crippen molar-refractivity contribution in [3.05, 3.63) is 34.4 Å². The zero-order valence-electron chi connectivity index (χ0n) is 12.9. The van der Waals surface area contributed by atoms with E-state index >= 15 is 0 Å². The van der Waals surface area contributed by atoms with Crippen LogP contribution in [-0.2, 0) is 22.6 Å². The van der Waals surface area contributed by atoms with Crippen LogP contribution in [0.15, 0.2) is 12.1 Å². The minimum atomic E-state index is -1.06. The fraction of sp³-hybridized carbons (Fsp3) is 0.500. The highest BCUT2D eigenvalue weighted by Gasteiger charge is 2.25. The van der Waals surface area contributed by atoms with Crippen LogP contribution in [0.2, 0.25) is 0 Å². The first-order valence-electron chi connectivity index (χ1n) is 7.46. The van der Waals surface area contributed by atoms with Gasteiger partial charge in [-0.3, -0.25) is 9.78 Å². The van der Waals surface area contributed by atoms with Gasteiger partial charge in [0.1, 0.15) is 0 Å². The van der Waals surface area contributed by atoms with Crippen molar-refractivity contribution in [3.8, 4) is 0 Å². The molecule has 0 bridgehead atoms. The van der Waals surface area contributed by atoms with Crippen LogP contribution in [0.5, 0.6) is 0 Å². The zero-order valence-corrected chi connectivity index (χ0v) is 12.9. The van der Waals surface area contributed by atoms with Gasteiger partial charge in [-0.15, -0.1) is 0 Å². The predicted molar refractivity (Wildman–Crippen MR) is 79.8 cm³/mol. The summed E-state index contributed by atoms with van der Waals surface area (Å²) in [5.74, 6) is -2.08. The van der Waals surface area contributed by atoms with Crippen molar-refractivity contribution in [1.29, 1.82) is 0 Å². The monoisotopic (exact) mass is 310 g/mol. The topological polar surface area (TPSA) is 93.1 Å². The van der Waals surface area contributed by atoms with Gasteiger partial charge in [-0.05, 0) is 42.9 Å². The minimum absolute atomic E-state index is 0.0383. The molecule has 0 radical (unpaired) electrons. The zero-order chi connectivity index (χ0) is 16.5. The Morgan fingerprint density at radius 2 is 1.55 bits per heavy atom. The number of carbonyl (C=O) groups excluding carboxylic acids is 2. The van der Waals surface area contributed by atoms with Crippen LogP contribution in [0.3, 0.4) is 0 Å². The minimum Gasteiger partial charge on any atom is -0.295 e. The third-order valence-electron chi connectivity index (χ3n) is 3.58. The number of hydrogen-bond acceptors (Lipinski definition) is 6. The SMILES string of the molecule is CCCCc1ccc(C(=O)OO)c(C(=O)OO)c1CCCC. The lowest BCUT2D eigenvalue weighted by atomic mass is 9.90. The molecule has 0 amide bonds. The van der Waals surface area contributed by atoms with Crippen molar-refractivity contribution in [1.82, 2.24) is 0 Å². The lowest BCUT2D eigenvalue weighted by Gasteiger charge is -2.15. The Hall–Kier alpha value is -1.92. The number of unbranched alkanes of at least 4 members (excludes halogenated alkanes) is 2. The average molecular weight is 310 g/mol. The molecule has 0 atom stereocenters. The van der Waals surface area contributed by atoms with Gasteiger partial charge < -0.3 is 0 Å². The molecule has 0 fully saturated rings. The second-order valence-electron chi connectivity index (χ2n) is 5.09. The van der Waals surface area contributed by atoms with E-state index in [0.29, 0.717) is 12.0 Å². The van der Waals surface area contributed by atoms with Gasteiger partial charge in [-0.2, -0.15) is 10.5 Å². The second kappa shape index (κ2) is 9.17. The number of carbonyl (C=O) groups is 2. The van der Waals surface area contributed by atoms with E-state index in [1.54, 1.807) is 6.07 Å². The lowest BCUT2D eigenvalue weighted by Crippen LogP contribution is -2.17. The Kier molecular flexibility index (Phi) is 7.56. The fourth-order valence-electron chi connectivity index (χ4n) is 2.43. The summed E-state index contributed by atoms with van der Waals surface area (Å²) in [5.41, 5.74) is 1.44. The van der Waals surface area contributed by atoms with Gasteiger partial charge in [0.05, 0.1) is 11.1 Å². The van der Waals surface area contributed by atoms with Crippen LogP contribution < -0.4 is 0 Å². The first kappa shape index (κ1) is 18.1. The Labute approximate surface area is 129 Å². The molecule has 6 heteroatoms. The van der Waals surface area contributed by atoms with Crippen LogP contribution in [0.4, 0.5) is 0 Å². The molecule has 0 aliphatic carbocycles. The van der Waals surface area contributed by atoms with Crippen LogP contribution >= 0.6 is 0 Å². The highest BCUT2D eigenvalue weighted by Crippen LogP contribution is 2.25. The molecule has 6 nitrogen and oxygen atoms in total.